The highest BCUT2D eigenvalue weighted by molar-refractivity contribution is 5.90. The zero-order chi connectivity index (χ0) is 25.7. The molecular weight excluding hydrogens is 456 g/mol. The summed E-state index contributed by atoms with van der Waals surface area (Å²) >= 11 is 0. The standard InChI is InChI=1S/C28H36N4O4/c1-6-7-8-16-34-23-14-13-20-17-22(12-11-21(20)18-23)25-30-26(36-31-25)24-10-9-15-32(24)19(2)29-27(33)35-28(3,4)5/h11-14,17-18,24H,6-10,15-16H2,1-5H3/t24-/m0/s1. The number of hydrogen-bond acceptors (Lipinski definition) is 6. The highest BCUT2D eigenvalue weighted by atomic mass is 16.6. The largest absolute Gasteiger partial charge is 0.494 e. The van der Waals surface area contributed by atoms with E-state index in [1.807, 2.05) is 44.7 Å². The minimum Gasteiger partial charge on any atom is -0.494 e. The van der Waals surface area contributed by atoms with Crippen LogP contribution in [-0.2, 0) is 4.74 Å². The summed E-state index contributed by atoms with van der Waals surface area (Å²) in [6.07, 6.45) is 4.63. The van der Waals surface area contributed by atoms with Crippen molar-refractivity contribution in [3.63, 3.8) is 0 Å². The van der Waals surface area contributed by atoms with Crippen LogP contribution < -0.4 is 4.74 Å². The molecule has 2 heterocycles. The van der Waals surface area contributed by atoms with Crippen LogP contribution in [-0.4, -0.2) is 45.7 Å². The summed E-state index contributed by atoms with van der Waals surface area (Å²) in [6.45, 7) is 11.0. The van der Waals surface area contributed by atoms with Gasteiger partial charge in [0.1, 0.15) is 23.2 Å². The highest BCUT2D eigenvalue weighted by Crippen LogP contribution is 2.33. The number of amidine groups is 1. The van der Waals surface area contributed by atoms with Crippen LogP contribution in [0, 0.1) is 0 Å². The fourth-order valence-corrected chi connectivity index (χ4v) is 4.37. The van der Waals surface area contributed by atoms with Gasteiger partial charge in [0.15, 0.2) is 0 Å². The Balaban J connectivity index is 1.47. The number of fused-ring (bicyclic) bond motifs is 1. The molecule has 8 heteroatoms. The van der Waals surface area contributed by atoms with E-state index in [1.54, 1.807) is 0 Å². The molecule has 1 saturated heterocycles. The van der Waals surface area contributed by atoms with Gasteiger partial charge in [0, 0.05) is 12.1 Å². The molecule has 1 fully saturated rings. The molecule has 0 radical (unpaired) electrons. The minimum absolute atomic E-state index is 0.120. The lowest BCUT2D eigenvalue weighted by atomic mass is 10.1. The van der Waals surface area contributed by atoms with Crippen molar-refractivity contribution in [2.75, 3.05) is 13.2 Å². The molecule has 192 valence electrons. The minimum atomic E-state index is -0.595. The van der Waals surface area contributed by atoms with Gasteiger partial charge in [-0.1, -0.05) is 43.1 Å². The molecular formula is C28H36N4O4. The van der Waals surface area contributed by atoms with Gasteiger partial charge in [0.2, 0.25) is 11.7 Å². The molecule has 1 aromatic heterocycles. The maximum Gasteiger partial charge on any atom is 0.435 e. The summed E-state index contributed by atoms with van der Waals surface area (Å²) in [6, 6.07) is 12.1. The number of hydrogen-bond donors (Lipinski definition) is 0. The van der Waals surface area contributed by atoms with Gasteiger partial charge in [0.25, 0.3) is 0 Å². The van der Waals surface area contributed by atoms with Crippen LogP contribution in [0.4, 0.5) is 4.79 Å². The molecule has 0 spiro atoms. The Morgan fingerprint density at radius 1 is 1.17 bits per heavy atom. The average Bonchev–Trinajstić information content (AvgIpc) is 3.50. The molecule has 8 nitrogen and oxygen atoms in total. The predicted molar refractivity (Wildman–Crippen MR) is 140 cm³/mol. The smallest absolute Gasteiger partial charge is 0.435 e. The Hall–Kier alpha value is -3.42. The van der Waals surface area contributed by atoms with Crippen molar-refractivity contribution in [3.8, 4) is 17.1 Å². The van der Waals surface area contributed by atoms with E-state index in [2.05, 4.69) is 41.3 Å². The van der Waals surface area contributed by atoms with Crippen LogP contribution in [0.5, 0.6) is 5.75 Å². The van der Waals surface area contributed by atoms with E-state index in [1.165, 1.54) is 12.8 Å². The third-order valence-corrected chi connectivity index (χ3v) is 6.13. The monoisotopic (exact) mass is 492 g/mol. The number of aliphatic imine (C=N–C) groups is 1. The van der Waals surface area contributed by atoms with E-state index in [9.17, 15) is 4.79 Å². The Bertz CT molecular complexity index is 1230. The van der Waals surface area contributed by atoms with Gasteiger partial charge in [-0.3, -0.25) is 0 Å². The molecule has 0 unspecified atom stereocenters. The molecule has 3 aromatic rings. The Morgan fingerprint density at radius 2 is 1.94 bits per heavy atom. The quantitative estimate of drug-likeness (QED) is 0.200. The topological polar surface area (TPSA) is 90.1 Å². The van der Waals surface area contributed by atoms with Crippen LogP contribution in [0.15, 0.2) is 45.9 Å². The molecule has 0 saturated carbocycles. The van der Waals surface area contributed by atoms with E-state index in [4.69, 9.17) is 19.0 Å². The van der Waals surface area contributed by atoms with E-state index in [0.717, 1.165) is 54.5 Å². The number of aromatic nitrogens is 2. The number of carbonyl (C=O) groups is 1. The van der Waals surface area contributed by atoms with Crippen molar-refractivity contribution in [3.05, 3.63) is 42.3 Å². The summed E-state index contributed by atoms with van der Waals surface area (Å²) in [5, 5.41) is 6.44. The summed E-state index contributed by atoms with van der Waals surface area (Å²) < 4.78 is 16.9. The first-order valence-electron chi connectivity index (χ1n) is 12.8. The fourth-order valence-electron chi connectivity index (χ4n) is 4.37. The Morgan fingerprint density at radius 3 is 2.72 bits per heavy atom. The molecule has 0 aliphatic carbocycles. The van der Waals surface area contributed by atoms with E-state index < -0.39 is 11.7 Å². The van der Waals surface area contributed by atoms with Crippen molar-refractivity contribution in [2.24, 2.45) is 4.99 Å². The van der Waals surface area contributed by atoms with E-state index in [0.29, 0.717) is 17.6 Å². The van der Waals surface area contributed by atoms with Gasteiger partial charge in [-0.2, -0.15) is 9.98 Å². The van der Waals surface area contributed by atoms with Crippen molar-refractivity contribution in [1.82, 2.24) is 15.0 Å². The maximum atomic E-state index is 12.2. The molecule has 1 aliphatic rings. The van der Waals surface area contributed by atoms with Gasteiger partial charge < -0.3 is 18.9 Å². The molecule has 1 atom stereocenters. The number of amides is 1. The fraction of sp³-hybridized carbons (Fsp3) is 0.500. The van der Waals surface area contributed by atoms with Gasteiger partial charge >= 0.3 is 6.09 Å². The van der Waals surface area contributed by atoms with Gasteiger partial charge in [-0.25, -0.2) is 4.79 Å². The van der Waals surface area contributed by atoms with Crippen LogP contribution in [0.2, 0.25) is 0 Å². The zero-order valence-electron chi connectivity index (χ0n) is 21.9. The first kappa shape index (κ1) is 25.7. The molecule has 1 aliphatic heterocycles. The van der Waals surface area contributed by atoms with Crippen molar-refractivity contribution < 1.29 is 18.8 Å². The number of benzene rings is 2. The van der Waals surface area contributed by atoms with Crippen LogP contribution in [0.25, 0.3) is 22.2 Å². The number of ether oxygens (including phenoxy) is 2. The molecule has 1 amide bonds. The number of unbranched alkanes of at least 4 members (excludes halogenated alkanes) is 2. The van der Waals surface area contributed by atoms with E-state index in [-0.39, 0.29) is 6.04 Å². The van der Waals surface area contributed by atoms with Crippen molar-refractivity contribution in [1.29, 1.82) is 0 Å². The van der Waals surface area contributed by atoms with Crippen molar-refractivity contribution in [2.45, 2.75) is 78.4 Å². The number of likely N-dealkylation sites (tertiary alicyclic amines) is 1. The third-order valence-electron chi connectivity index (χ3n) is 6.13. The van der Waals surface area contributed by atoms with Crippen LogP contribution >= 0.6 is 0 Å². The molecule has 2 aromatic carbocycles. The normalized spacial score (nSPS) is 16.5. The van der Waals surface area contributed by atoms with Crippen LogP contribution in [0.3, 0.4) is 0 Å². The SMILES string of the molecule is CCCCCOc1ccc2cc(-c3noc([C@@H]4CCCN4C(C)=NC(=O)OC(C)(C)C)n3)ccc2c1. The molecule has 0 N–H and O–H groups in total. The summed E-state index contributed by atoms with van der Waals surface area (Å²) in [7, 11) is 0. The lowest BCUT2D eigenvalue weighted by Crippen LogP contribution is -2.30. The third kappa shape index (κ3) is 6.42. The number of rotatable bonds is 7. The number of nitrogens with zero attached hydrogens (tertiary/aromatic N) is 4. The van der Waals surface area contributed by atoms with Crippen molar-refractivity contribution >= 4 is 22.7 Å². The second kappa shape index (κ2) is 11.1. The van der Waals surface area contributed by atoms with Gasteiger partial charge in [0.05, 0.1) is 6.61 Å². The maximum absolute atomic E-state index is 12.2. The average molecular weight is 493 g/mol. The highest BCUT2D eigenvalue weighted by Gasteiger charge is 2.32. The Kier molecular flexibility index (Phi) is 7.91. The second-order valence-corrected chi connectivity index (χ2v) is 10.2. The molecule has 4 rings (SSSR count). The summed E-state index contributed by atoms with van der Waals surface area (Å²) in [5.41, 5.74) is 0.299. The van der Waals surface area contributed by atoms with E-state index >= 15 is 0 Å². The van der Waals surface area contributed by atoms with Crippen LogP contribution in [0.1, 0.15) is 78.7 Å². The first-order valence-corrected chi connectivity index (χ1v) is 12.8. The van der Waals surface area contributed by atoms with Gasteiger partial charge in [-0.05, 0) is 75.9 Å². The zero-order valence-corrected chi connectivity index (χ0v) is 21.9. The molecule has 36 heavy (non-hydrogen) atoms. The molecule has 0 bridgehead atoms. The lowest BCUT2D eigenvalue weighted by Gasteiger charge is -2.24. The number of carbonyl (C=O) groups excluding carboxylic acids is 1. The summed E-state index contributed by atoms with van der Waals surface area (Å²) in [5.74, 6) is 2.54. The Labute approximate surface area is 212 Å². The lowest BCUT2D eigenvalue weighted by molar-refractivity contribution is 0.0601. The first-order chi connectivity index (χ1) is 17.2. The second-order valence-electron chi connectivity index (χ2n) is 10.2. The predicted octanol–water partition coefficient (Wildman–Crippen LogP) is 6.95. The summed E-state index contributed by atoms with van der Waals surface area (Å²) in [4.78, 5) is 23.0. The van der Waals surface area contributed by atoms with Gasteiger partial charge in [-0.15, -0.1) is 0 Å².